The van der Waals surface area contributed by atoms with Gasteiger partial charge in [0.1, 0.15) is 5.69 Å². The van der Waals surface area contributed by atoms with E-state index in [2.05, 4.69) is 16.3 Å². The number of aromatic nitrogens is 1. The van der Waals surface area contributed by atoms with Crippen LogP contribution in [0.15, 0.2) is 30.8 Å². The first-order chi connectivity index (χ1) is 9.99. The van der Waals surface area contributed by atoms with Gasteiger partial charge in [0.25, 0.3) is 0 Å². The zero-order valence-corrected chi connectivity index (χ0v) is 11.8. The summed E-state index contributed by atoms with van der Waals surface area (Å²) in [6, 6.07) is 7.08. The van der Waals surface area contributed by atoms with Crippen LogP contribution in [0.25, 0.3) is 17.3 Å². The number of pyridine rings is 1. The normalized spacial score (nSPS) is 10.2. The van der Waals surface area contributed by atoms with Crippen LogP contribution in [0, 0.1) is 12.7 Å². The lowest BCUT2D eigenvalue weighted by molar-refractivity contribution is 0.0594. The van der Waals surface area contributed by atoms with Gasteiger partial charge in [0.05, 0.1) is 12.8 Å². The van der Waals surface area contributed by atoms with Crippen molar-refractivity contribution in [1.82, 2.24) is 4.98 Å². The molecule has 2 aromatic rings. The Morgan fingerprint density at radius 1 is 1.38 bits per heavy atom. The highest BCUT2D eigenvalue weighted by Gasteiger charge is 2.22. The molecule has 0 radical (unpaired) electrons. The fraction of sp³-hybridized carbons (Fsp3) is 0.125. The molecule has 0 saturated heterocycles. The number of hydrogen-bond acceptors (Lipinski definition) is 4. The summed E-state index contributed by atoms with van der Waals surface area (Å²) < 4.78 is 19.1. The number of nitrogens with zero attached hydrogens (tertiary/aromatic N) is 1. The molecule has 1 aromatic heterocycles. The second kappa shape index (κ2) is 5.75. The largest absolute Gasteiger partial charge is 0.464 e. The van der Waals surface area contributed by atoms with E-state index in [4.69, 9.17) is 5.73 Å². The number of carbonyl (C=O) groups is 1. The third-order valence-electron chi connectivity index (χ3n) is 3.12. The molecule has 0 aliphatic carbocycles. The van der Waals surface area contributed by atoms with E-state index in [0.717, 1.165) is 5.56 Å². The molecule has 0 fully saturated rings. The number of methoxy groups -OCH3 is 1. The predicted octanol–water partition coefficient (Wildman–Crippen LogP) is 3.21. The van der Waals surface area contributed by atoms with Crippen molar-refractivity contribution in [3.63, 3.8) is 0 Å². The standard InChI is InChI=1S/C16H15FN2O2/c1-4-11-13(18)12(17)14(19-15(11)16(20)21-3)10-7-5-9(2)6-8-10/h4-8H,1H2,2-3H3,(H2,18,19). The van der Waals surface area contributed by atoms with E-state index in [1.54, 1.807) is 12.1 Å². The Hall–Kier alpha value is -2.69. The predicted molar refractivity (Wildman–Crippen MR) is 80.2 cm³/mol. The third kappa shape index (κ3) is 2.63. The zero-order chi connectivity index (χ0) is 15.6. The molecule has 0 saturated carbocycles. The Bertz CT molecular complexity index is 709. The van der Waals surface area contributed by atoms with E-state index >= 15 is 0 Å². The average Bonchev–Trinajstić information content (AvgIpc) is 2.50. The highest BCUT2D eigenvalue weighted by atomic mass is 19.1. The fourth-order valence-corrected chi connectivity index (χ4v) is 1.96. The Balaban J connectivity index is 2.72. The van der Waals surface area contributed by atoms with Gasteiger partial charge in [-0.25, -0.2) is 14.2 Å². The van der Waals surface area contributed by atoms with Crippen LogP contribution in [0.1, 0.15) is 21.6 Å². The van der Waals surface area contributed by atoms with Crippen LogP contribution >= 0.6 is 0 Å². The number of nitrogens with two attached hydrogens (primary N) is 1. The molecule has 0 amide bonds. The van der Waals surface area contributed by atoms with E-state index in [9.17, 15) is 9.18 Å². The monoisotopic (exact) mass is 286 g/mol. The van der Waals surface area contributed by atoms with Crippen molar-refractivity contribution in [3.8, 4) is 11.3 Å². The molecule has 0 unspecified atom stereocenters. The summed E-state index contributed by atoms with van der Waals surface area (Å²) in [6.45, 7) is 5.45. The number of benzene rings is 1. The molecule has 0 aliphatic heterocycles. The third-order valence-corrected chi connectivity index (χ3v) is 3.12. The molecule has 108 valence electrons. The van der Waals surface area contributed by atoms with Crippen molar-refractivity contribution in [2.45, 2.75) is 6.92 Å². The SMILES string of the molecule is C=Cc1c(C(=O)OC)nc(-c2ccc(C)cc2)c(F)c1N. The number of rotatable bonds is 3. The van der Waals surface area contributed by atoms with Gasteiger partial charge in [-0.3, -0.25) is 0 Å². The van der Waals surface area contributed by atoms with Gasteiger partial charge in [0.15, 0.2) is 11.5 Å². The first-order valence-corrected chi connectivity index (χ1v) is 6.26. The van der Waals surface area contributed by atoms with Gasteiger partial charge in [-0.15, -0.1) is 0 Å². The minimum Gasteiger partial charge on any atom is -0.464 e. The van der Waals surface area contributed by atoms with Crippen LogP contribution in [-0.2, 0) is 4.74 Å². The molecule has 1 heterocycles. The van der Waals surface area contributed by atoms with Crippen molar-refractivity contribution < 1.29 is 13.9 Å². The Morgan fingerprint density at radius 2 is 2.00 bits per heavy atom. The molecule has 0 bridgehead atoms. The molecular weight excluding hydrogens is 271 g/mol. The maximum atomic E-state index is 14.4. The van der Waals surface area contributed by atoms with Gasteiger partial charge >= 0.3 is 5.97 Å². The summed E-state index contributed by atoms with van der Waals surface area (Å²) in [6.07, 6.45) is 1.29. The van der Waals surface area contributed by atoms with Crippen LogP contribution in [0.2, 0.25) is 0 Å². The van der Waals surface area contributed by atoms with Gasteiger partial charge in [-0.05, 0) is 6.92 Å². The van der Waals surface area contributed by atoms with Crippen molar-refractivity contribution in [2.24, 2.45) is 0 Å². The molecular formula is C16H15FN2O2. The number of ether oxygens (including phenoxy) is 1. The average molecular weight is 286 g/mol. The number of esters is 1. The molecule has 5 heteroatoms. The number of anilines is 1. The molecule has 0 atom stereocenters. The van der Waals surface area contributed by atoms with Gasteiger partial charge in [-0.2, -0.15) is 0 Å². The minimum absolute atomic E-state index is 0.0125. The lowest BCUT2D eigenvalue weighted by Crippen LogP contribution is -2.12. The van der Waals surface area contributed by atoms with E-state index in [0.29, 0.717) is 5.56 Å². The second-order valence-electron chi connectivity index (χ2n) is 4.51. The van der Waals surface area contributed by atoms with Crippen molar-refractivity contribution in [1.29, 1.82) is 0 Å². The lowest BCUT2D eigenvalue weighted by Gasteiger charge is -2.12. The molecule has 4 nitrogen and oxygen atoms in total. The summed E-state index contributed by atoms with van der Waals surface area (Å²) in [5, 5.41) is 0. The summed E-state index contributed by atoms with van der Waals surface area (Å²) in [4.78, 5) is 15.9. The van der Waals surface area contributed by atoms with E-state index < -0.39 is 11.8 Å². The fourth-order valence-electron chi connectivity index (χ4n) is 1.96. The number of halogens is 1. The Morgan fingerprint density at radius 3 is 2.52 bits per heavy atom. The lowest BCUT2D eigenvalue weighted by atomic mass is 10.0. The summed E-state index contributed by atoms with van der Waals surface area (Å²) >= 11 is 0. The number of aryl methyl sites for hydroxylation is 1. The van der Waals surface area contributed by atoms with Crippen LogP contribution in [0.3, 0.4) is 0 Å². The van der Waals surface area contributed by atoms with Crippen molar-refractivity contribution >= 4 is 17.7 Å². The quantitative estimate of drug-likeness (QED) is 0.880. The molecule has 21 heavy (non-hydrogen) atoms. The minimum atomic E-state index is -0.690. The van der Waals surface area contributed by atoms with Crippen LogP contribution in [-0.4, -0.2) is 18.1 Å². The maximum Gasteiger partial charge on any atom is 0.357 e. The second-order valence-corrected chi connectivity index (χ2v) is 4.51. The highest BCUT2D eigenvalue weighted by molar-refractivity contribution is 5.95. The summed E-state index contributed by atoms with van der Waals surface area (Å²) in [5.41, 5.74) is 7.25. The van der Waals surface area contributed by atoms with Gasteiger partial charge in [0, 0.05) is 11.1 Å². The van der Waals surface area contributed by atoms with Crippen molar-refractivity contribution in [2.75, 3.05) is 12.8 Å². The molecule has 1 aromatic carbocycles. The van der Waals surface area contributed by atoms with Gasteiger partial charge in [0.2, 0.25) is 0 Å². The molecule has 2 rings (SSSR count). The van der Waals surface area contributed by atoms with Crippen LogP contribution in [0.5, 0.6) is 0 Å². The van der Waals surface area contributed by atoms with E-state index in [1.807, 2.05) is 19.1 Å². The van der Waals surface area contributed by atoms with Gasteiger partial charge in [-0.1, -0.05) is 42.5 Å². The molecule has 0 aliphatic rings. The summed E-state index contributed by atoms with van der Waals surface area (Å²) in [5.74, 6) is -1.37. The number of nitrogen functional groups attached to an aromatic ring is 1. The highest BCUT2D eigenvalue weighted by Crippen LogP contribution is 2.30. The Labute approximate surface area is 122 Å². The van der Waals surface area contributed by atoms with Crippen LogP contribution in [0.4, 0.5) is 10.1 Å². The zero-order valence-electron chi connectivity index (χ0n) is 11.8. The number of carbonyl (C=O) groups excluding carboxylic acids is 1. The van der Waals surface area contributed by atoms with E-state index in [1.165, 1.54) is 13.2 Å². The summed E-state index contributed by atoms with van der Waals surface area (Å²) in [7, 11) is 1.22. The maximum absolute atomic E-state index is 14.4. The van der Waals surface area contributed by atoms with E-state index in [-0.39, 0.29) is 22.6 Å². The first kappa shape index (κ1) is 14.7. The number of hydrogen-bond donors (Lipinski definition) is 1. The smallest absolute Gasteiger partial charge is 0.357 e. The Kier molecular flexibility index (Phi) is 4.03. The first-order valence-electron chi connectivity index (χ1n) is 6.26. The van der Waals surface area contributed by atoms with Crippen LogP contribution < -0.4 is 5.73 Å². The van der Waals surface area contributed by atoms with Crippen molar-refractivity contribution in [3.05, 3.63) is 53.5 Å². The van der Waals surface area contributed by atoms with Gasteiger partial charge < -0.3 is 10.5 Å². The molecule has 0 spiro atoms. The topological polar surface area (TPSA) is 65.2 Å². The molecule has 2 N–H and O–H groups in total.